The van der Waals surface area contributed by atoms with Gasteiger partial charge >= 0.3 is 5.97 Å². The molecule has 0 atom stereocenters. The molecule has 1 aromatic rings. The first kappa shape index (κ1) is 10.1. The lowest BCUT2D eigenvalue weighted by Gasteiger charge is -1.97. The quantitative estimate of drug-likeness (QED) is 0.446. The third-order valence-electron chi connectivity index (χ3n) is 1.60. The standard InChI is InChI=1S/C8H7NO5/c10-8(14-13)5-6-1-3-7(4-2-6)9(11)12/h1-4,13H,5H2. The van der Waals surface area contributed by atoms with Crippen molar-refractivity contribution in [2.45, 2.75) is 6.42 Å². The first-order chi connectivity index (χ1) is 6.63. The van der Waals surface area contributed by atoms with Crippen LogP contribution in [0, 0.1) is 10.1 Å². The number of carbonyl (C=O) groups excluding carboxylic acids is 1. The molecule has 1 N–H and O–H groups in total. The fourth-order valence-corrected chi connectivity index (χ4v) is 0.934. The zero-order valence-corrected chi connectivity index (χ0v) is 7.04. The molecule has 74 valence electrons. The van der Waals surface area contributed by atoms with Crippen molar-refractivity contribution in [2.24, 2.45) is 0 Å². The van der Waals surface area contributed by atoms with Crippen molar-refractivity contribution in [3.8, 4) is 0 Å². The predicted molar refractivity (Wildman–Crippen MR) is 45.5 cm³/mol. The molecule has 0 saturated heterocycles. The normalized spacial score (nSPS) is 9.50. The summed E-state index contributed by atoms with van der Waals surface area (Å²) in [5.74, 6) is -0.807. The Balaban J connectivity index is 2.73. The van der Waals surface area contributed by atoms with Crippen molar-refractivity contribution < 1.29 is 19.9 Å². The maximum atomic E-state index is 10.6. The van der Waals surface area contributed by atoms with Gasteiger partial charge in [0.25, 0.3) is 5.69 Å². The lowest BCUT2D eigenvalue weighted by molar-refractivity contribution is -0.384. The molecule has 0 aliphatic rings. The van der Waals surface area contributed by atoms with E-state index in [2.05, 4.69) is 4.89 Å². The van der Waals surface area contributed by atoms with Crippen LogP contribution in [0.15, 0.2) is 24.3 Å². The van der Waals surface area contributed by atoms with Gasteiger partial charge in [-0.3, -0.25) is 10.1 Å². The zero-order chi connectivity index (χ0) is 10.6. The van der Waals surface area contributed by atoms with E-state index in [1.54, 1.807) is 0 Å². The van der Waals surface area contributed by atoms with Gasteiger partial charge in [-0.25, -0.2) is 4.79 Å². The summed E-state index contributed by atoms with van der Waals surface area (Å²) in [5, 5.41) is 18.2. The van der Waals surface area contributed by atoms with Crippen LogP contribution in [0.1, 0.15) is 5.56 Å². The fraction of sp³-hybridized carbons (Fsp3) is 0.125. The Morgan fingerprint density at radius 1 is 1.43 bits per heavy atom. The molecule has 0 aromatic heterocycles. The van der Waals surface area contributed by atoms with Gasteiger partial charge in [-0.15, -0.1) is 0 Å². The average molecular weight is 197 g/mol. The Kier molecular flexibility index (Phi) is 3.14. The molecular weight excluding hydrogens is 190 g/mol. The summed E-state index contributed by atoms with van der Waals surface area (Å²) in [6.07, 6.45) is -0.117. The van der Waals surface area contributed by atoms with E-state index in [1.165, 1.54) is 24.3 Å². The number of benzene rings is 1. The molecule has 6 heteroatoms. The number of rotatable bonds is 3. The van der Waals surface area contributed by atoms with Crippen LogP contribution in [0.25, 0.3) is 0 Å². The minimum atomic E-state index is -0.807. The molecule has 1 aromatic carbocycles. The van der Waals surface area contributed by atoms with E-state index in [0.29, 0.717) is 5.56 Å². The SMILES string of the molecule is O=C(Cc1ccc([N+](=O)[O-])cc1)OO. The molecule has 14 heavy (non-hydrogen) atoms. The highest BCUT2D eigenvalue weighted by atomic mass is 17.1. The summed E-state index contributed by atoms with van der Waals surface area (Å²) in [5.41, 5.74) is 0.487. The van der Waals surface area contributed by atoms with E-state index in [0.717, 1.165) is 0 Å². The van der Waals surface area contributed by atoms with Crippen molar-refractivity contribution in [2.75, 3.05) is 0 Å². The second kappa shape index (κ2) is 4.33. The Morgan fingerprint density at radius 3 is 2.43 bits per heavy atom. The van der Waals surface area contributed by atoms with Crippen LogP contribution in [0.3, 0.4) is 0 Å². The van der Waals surface area contributed by atoms with E-state index in [9.17, 15) is 14.9 Å². The minimum absolute atomic E-state index is 0.0499. The second-order valence-corrected chi connectivity index (χ2v) is 2.56. The summed E-state index contributed by atoms with van der Waals surface area (Å²) >= 11 is 0. The van der Waals surface area contributed by atoms with E-state index in [4.69, 9.17) is 5.26 Å². The molecule has 6 nitrogen and oxygen atoms in total. The van der Waals surface area contributed by atoms with Crippen LogP contribution in [-0.4, -0.2) is 16.1 Å². The largest absolute Gasteiger partial charge is 0.346 e. The number of hydrogen-bond acceptors (Lipinski definition) is 5. The summed E-state index contributed by atoms with van der Waals surface area (Å²) in [4.78, 5) is 23.8. The number of nitrogens with zero attached hydrogens (tertiary/aromatic N) is 1. The van der Waals surface area contributed by atoms with Crippen LogP contribution in [0.5, 0.6) is 0 Å². The smallest absolute Gasteiger partial charge is 0.301 e. The first-order valence-corrected chi connectivity index (χ1v) is 3.71. The lowest BCUT2D eigenvalue weighted by Crippen LogP contribution is -2.04. The third-order valence-corrected chi connectivity index (χ3v) is 1.60. The number of carbonyl (C=O) groups is 1. The maximum Gasteiger partial charge on any atom is 0.346 e. The molecule has 0 amide bonds. The van der Waals surface area contributed by atoms with Gasteiger partial charge in [0.2, 0.25) is 0 Å². The zero-order valence-electron chi connectivity index (χ0n) is 7.04. The van der Waals surface area contributed by atoms with E-state index in [-0.39, 0.29) is 12.1 Å². The van der Waals surface area contributed by atoms with E-state index >= 15 is 0 Å². The highest BCUT2D eigenvalue weighted by Crippen LogP contribution is 2.12. The third kappa shape index (κ3) is 2.53. The summed E-state index contributed by atoms with van der Waals surface area (Å²) in [7, 11) is 0. The molecule has 1 rings (SSSR count). The maximum absolute atomic E-state index is 10.6. The van der Waals surface area contributed by atoms with Crippen LogP contribution in [0.4, 0.5) is 5.69 Å². The average Bonchev–Trinajstić information content (AvgIpc) is 2.18. The van der Waals surface area contributed by atoms with Crippen LogP contribution in [0.2, 0.25) is 0 Å². The van der Waals surface area contributed by atoms with Crippen molar-refractivity contribution in [1.29, 1.82) is 0 Å². The Labute approximate surface area is 78.8 Å². The number of non-ortho nitro benzene ring substituents is 1. The minimum Gasteiger partial charge on any atom is -0.301 e. The molecular formula is C8H7NO5. The van der Waals surface area contributed by atoms with Crippen LogP contribution in [-0.2, 0) is 16.1 Å². The summed E-state index contributed by atoms with van der Waals surface area (Å²) < 4.78 is 0. The van der Waals surface area contributed by atoms with Crippen LogP contribution < -0.4 is 0 Å². The second-order valence-electron chi connectivity index (χ2n) is 2.56. The molecule has 0 spiro atoms. The van der Waals surface area contributed by atoms with Gasteiger partial charge in [0.1, 0.15) is 0 Å². The lowest BCUT2D eigenvalue weighted by atomic mass is 10.1. The summed E-state index contributed by atoms with van der Waals surface area (Å²) in [6.45, 7) is 0. The number of hydrogen-bond donors (Lipinski definition) is 1. The van der Waals surface area contributed by atoms with E-state index < -0.39 is 10.9 Å². The van der Waals surface area contributed by atoms with Gasteiger partial charge < -0.3 is 4.89 Å². The fourth-order valence-electron chi connectivity index (χ4n) is 0.934. The Bertz CT molecular complexity index is 345. The Morgan fingerprint density at radius 2 is 2.00 bits per heavy atom. The highest BCUT2D eigenvalue weighted by molar-refractivity contribution is 5.71. The van der Waals surface area contributed by atoms with Crippen molar-refractivity contribution >= 4 is 11.7 Å². The van der Waals surface area contributed by atoms with Crippen molar-refractivity contribution in [3.05, 3.63) is 39.9 Å². The molecule has 0 unspecified atom stereocenters. The van der Waals surface area contributed by atoms with Gasteiger partial charge in [0, 0.05) is 12.1 Å². The summed E-state index contributed by atoms with van der Waals surface area (Å²) in [6, 6.07) is 5.41. The molecule has 0 saturated carbocycles. The van der Waals surface area contributed by atoms with E-state index in [1.807, 2.05) is 0 Å². The highest BCUT2D eigenvalue weighted by Gasteiger charge is 2.07. The number of nitro benzene ring substituents is 1. The van der Waals surface area contributed by atoms with Crippen molar-refractivity contribution in [3.63, 3.8) is 0 Å². The van der Waals surface area contributed by atoms with Gasteiger partial charge in [-0.2, -0.15) is 5.26 Å². The van der Waals surface area contributed by atoms with Gasteiger partial charge in [0.05, 0.1) is 11.3 Å². The monoisotopic (exact) mass is 197 g/mol. The first-order valence-electron chi connectivity index (χ1n) is 3.71. The molecule has 0 aliphatic heterocycles. The van der Waals surface area contributed by atoms with Crippen molar-refractivity contribution in [1.82, 2.24) is 0 Å². The van der Waals surface area contributed by atoms with Gasteiger partial charge in [-0.05, 0) is 5.56 Å². The number of nitro groups is 1. The molecule has 0 heterocycles. The topological polar surface area (TPSA) is 89.7 Å². The van der Waals surface area contributed by atoms with Crippen LogP contribution >= 0.6 is 0 Å². The molecule has 0 fully saturated rings. The predicted octanol–water partition coefficient (Wildman–Crippen LogP) is 1.15. The Hall–Kier alpha value is -1.95. The molecule has 0 radical (unpaired) electrons. The molecule has 0 aliphatic carbocycles. The van der Waals surface area contributed by atoms with Gasteiger partial charge in [0.15, 0.2) is 0 Å². The molecule has 0 bridgehead atoms. The van der Waals surface area contributed by atoms with Gasteiger partial charge in [-0.1, -0.05) is 12.1 Å².